The van der Waals surface area contributed by atoms with Gasteiger partial charge in [-0.3, -0.25) is 9.59 Å². The van der Waals surface area contributed by atoms with Gasteiger partial charge in [-0.1, -0.05) is 58.0 Å². The molecule has 0 radical (unpaired) electrons. The van der Waals surface area contributed by atoms with Crippen LogP contribution >= 0.6 is 27.7 Å². The first-order valence-corrected chi connectivity index (χ1v) is 7.45. The Morgan fingerprint density at radius 2 is 1.58 bits per heavy atom. The highest BCUT2D eigenvalue weighted by Crippen LogP contribution is 2.17. The van der Waals surface area contributed by atoms with E-state index in [1.807, 2.05) is 30.3 Å². The molecule has 2 aromatic rings. The number of carbonyl (C=O) groups is 2. The molecule has 0 fully saturated rings. The maximum atomic E-state index is 11.9. The fourth-order valence-electron chi connectivity index (χ4n) is 1.51. The second-order valence-electron chi connectivity index (χ2n) is 3.90. The fraction of sp³-hybridized carbons (Fsp3) is 0.0667. The van der Waals surface area contributed by atoms with Crippen molar-refractivity contribution in [3.05, 3.63) is 70.2 Å². The summed E-state index contributed by atoms with van der Waals surface area (Å²) in [4.78, 5) is 23.7. The maximum Gasteiger partial charge on any atom is 0.260 e. The van der Waals surface area contributed by atoms with Crippen LogP contribution in [0.2, 0.25) is 0 Å². The van der Waals surface area contributed by atoms with Crippen LogP contribution in [-0.4, -0.2) is 10.9 Å². The third-order valence-electron chi connectivity index (χ3n) is 2.50. The summed E-state index contributed by atoms with van der Waals surface area (Å²) in [5.74, 6) is 0.0653. The summed E-state index contributed by atoms with van der Waals surface area (Å²) in [6.45, 7) is 0. The highest BCUT2D eigenvalue weighted by Gasteiger charge is 2.16. The van der Waals surface area contributed by atoms with Crippen LogP contribution in [0.5, 0.6) is 0 Å². The van der Waals surface area contributed by atoms with E-state index in [0.717, 1.165) is 21.8 Å². The molecule has 0 aliphatic heterocycles. The van der Waals surface area contributed by atoms with Gasteiger partial charge < -0.3 is 0 Å². The van der Waals surface area contributed by atoms with Crippen LogP contribution in [0, 0.1) is 0 Å². The number of Topliss-reactive ketones (excluding diaryl/α,β-unsaturated/α-hetero) is 1. The van der Waals surface area contributed by atoms with Crippen molar-refractivity contribution < 1.29 is 9.59 Å². The Balaban J connectivity index is 1.96. The van der Waals surface area contributed by atoms with E-state index < -0.39 is 10.9 Å². The van der Waals surface area contributed by atoms with Gasteiger partial charge in [-0.15, -0.1) is 0 Å². The molecule has 96 valence electrons. The molecule has 0 aliphatic rings. The summed E-state index contributed by atoms with van der Waals surface area (Å²) < 4.78 is 0.883. The number of thioether (sulfide) groups is 1. The van der Waals surface area contributed by atoms with E-state index in [4.69, 9.17) is 0 Å². The molecular weight excluding hydrogens is 324 g/mol. The van der Waals surface area contributed by atoms with E-state index in [-0.39, 0.29) is 0 Å². The van der Waals surface area contributed by atoms with Crippen molar-refractivity contribution in [1.82, 2.24) is 0 Å². The highest BCUT2D eigenvalue weighted by atomic mass is 79.9. The van der Waals surface area contributed by atoms with Gasteiger partial charge in [0.1, 0.15) is 0 Å². The van der Waals surface area contributed by atoms with Crippen molar-refractivity contribution >= 4 is 38.6 Å². The first kappa shape index (κ1) is 14.0. The van der Waals surface area contributed by atoms with E-state index in [2.05, 4.69) is 15.9 Å². The van der Waals surface area contributed by atoms with E-state index in [0.29, 0.717) is 11.3 Å². The molecule has 0 spiro atoms. The van der Waals surface area contributed by atoms with Crippen molar-refractivity contribution in [3.63, 3.8) is 0 Å². The average Bonchev–Trinajstić information content (AvgIpc) is 2.46. The molecule has 0 N–H and O–H groups in total. The second-order valence-corrected chi connectivity index (χ2v) is 5.76. The van der Waals surface area contributed by atoms with E-state index in [1.54, 1.807) is 24.3 Å². The molecule has 0 atom stereocenters. The van der Waals surface area contributed by atoms with Gasteiger partial charge in [0.05, 0.1) is 0 Å². The predicted octanol–water partition coefficient (Wildman–Crippen LogP) is 4.09. The van der Waals surface area contributed by atoms with Crippen LogP contribution in [0.15, 0.2) is 59.1 Å². The van der Waals surface area contributed by atoms with Crippen molar-refractivity contribution in [2.45, 2.75) is 5.75 Å². The number of ketones is 1. The summed E-state index contributed by atoms with van der Waals surface area (Å²) in [5.41, 5.74) is 1.46. The number of hydrogen-bond donors (Lipinski definition) is 0. The lowest BCUT2D eigenvalue weighted by atomic mass is 10.1. The molecule has 0 heterocycles. The minimum atomic E-state index is -0.451. The Labute approximate surface area is 124 Å². The summed E-state index contributed by atoms with van der Waals surface area (Å²) in [6.07, 6.45) is 0. The van der Waals surface area contributed by atoms with Crippen LogP contribution in [0.4, 0.5) is 0 Å². The Kier molecular flexibility index (Phi) is 4.93. The monoisotopic (exact) mass is 334 g/mol. The van der Waals surface area contributed by atoms with Crippen molar-refractivity contribution in [2.24, 2.45) is 0 Å². The molecule has 0 bridgehead atoms. The van der Waals surface area contributed by atoms with Crippen LogP contribution in [-0.2, 0) is 10.5 Å². The lowest BCUT2D eigenvalue weighted by Crippen LogP contribution is -2.10. The zero-order chi connectivity index (χ0) is 13.7. The Morgan fingerprint density at radius 3 is 2.21 bits per heavy atom. The number of halogens is 1. The SMILES string of the molecule is O=C(SCc1ccccc1)C(=O)c1ccc(Br)cc1. The Hall–Kier alpha value is -1.39. The van der Waals surface area contributed by atoms with E-state index >= 15 is 0 Å². The minimum Gasteiger partial charge on any atom is -0.284 e. The standard InChI is InChI=1S/C15H11BrO2S/c16-13-8-6-12(7-9-13)14(17)15(18)19-10-11-4-2-1-3-5-11/h1-9H,10H2. The molecule has 0 saturated heterocycles. The fourth-order valence-corrected chi connectivity index (χ4v) is 2.51. The zero-order valence-electron chi connectivity index (χ0n) is 10.0. The molecule has 0 amide bonds. The molecule has 19 heavy (non-hydrogen) atoms. The predicted molar refractivity (Wildman–Crippen MR) is 81.2 cm³/mol. The molecule has 2 rings (SSSR count). The van der Waals surface area contributed by atoms with E-state index in [1.165, 1.54) is 0 Å². The molecule has 2 aromatic carbocycles. The summed E-state index contributed by atoms with van der Waals surface area (Å²) in [5, 5.41) is -0.425. The number of hydrogen-bond acceptors (Lipinski definition) is 3. The number of benzene rings is 2. The second kappa shape index (κ2) is 6.68. The molecule has 4 heteroatoms. The van der Waals surface area contributed by atoms with Gasteiger partial charge in [-0.05, 0) is 29.8 Å². The van der Waals surface area contributed by atoms with Crippen molar-refractivity contribution in [1.29, 1.82) is 0 Å². The molecule has 2 nitrogen and oxygen atoms in total. The Bertz CT molecular complexity index is 579. The molecule has 0 unspecified atom stereocenters. The third kappa shape index (κ3) is 4.04. The quantitative estimate of drug-likeness (QED) is 0.623. The average molecular weight is 335 g/mol. The maximum absolute atomic E-state index is 11.9. The van der Waals surface area contributed by atoms with Crippen LogP contribution in [0.1, 0.15) is 15.9 Å². The summed E-state index contributed by atoms with van der Waals surface area (Å²) >= 11 is 4.33. The summed E-state index contributed by atoms with van der Waals surface area (Å²) in [7, 11) is 0. The minimum absolute atomic E-state index is 0.425. The highest BCUT2D eigenvalue weighted by molar-refractivity contribution is 9.10. The summed E-state index contributed by atoms with van der Waals surface area (Å²) in [6, 6.07) is 16.4. The first-order valence-electron chi connectivity index (χ1n) is 5.68. The van der Waals surface area contributed by atoms with Crippen molar-refractivity contribution in [3.8, 4) is 0 Å². The van der Waals surface area contributed by atoms with Gasteiger partial charge in [0.25, 0.3) is 5.12 Å². The van der Waals surface area contributed by atoms with Gasteiger partial charge in [0.2, 0.25) is 5.78 Å². The van der Waals surface area contributed by atoms with E-state index in [9.17, 15) is 9.59 Å². The van der Waals surface area contributed by atoms with Gasteiger partial charge in [0, 0.05) is 15.8 Å². The van der Waals surface area contributed by atoms with Gasteiger partial charge in [-0.2, -0.15) is 0 Å². The molecule has 0 aliphatic carbocycles. The molecule has 0 aromatic heterocycles. The van der Waals surface area contributed by atoms with Crippen LogP contribution in [0.3, 0.4) is 0 Å². The number of carbonyl (C=O) groups excluding carboxylic acids is 2. The third-order valence-corrected chi connectivity index (χ3v) is 3.96. The zero-order valence-corrected chi connectivity index (χ0v) is 12.4. The Morgan fingerprint density at radius 1 is 0.947 bits per heavy atom. The van der Waals surface area contributed by atoms with Crippen molar-refractivity contribution in [2.75, 3.05) is 0 Å². The van der Waals surface area contributed by atoms with Crippen LogP contribution < -0.4 is 0 Å². The topological polar surface area (TPSA) is 34.1 Å². The first-order chi connectivity index (χ1) is 9.16. The molecular formula is C15H11BrO2S. The largest absolute Gasteiger partial charge is 0.284 e. The van der Waals surface area contributed by atoms with Gasteiger partial charge in [-0.25, -0.2) is 0 Å². The van der Waals surface area contributed by atoms with Gasteiger partial charge >= 0.3 is 0 Å². The molecule has 0 saturated carbocycles. The van der Waals surface area contributed by atoms with Crippen LogP contribution in [0.25, 0.3) is 0 Å². The normalized spacial score (nSPS) is 10.2. The number of rotatable bonds is 4. The lowest BCUT2D eigenvalue weighted by molar-refractivity contribution is -0.107. The van der Waals surface area contributed by atoms with Gasteiger partial charge in [0.15, 0.2) is 0 Å². The smallest absolute Gasteiger partial charge is 0.260 e. The lowest BCUT2D eigenvalue weighted by Gasteiger charge is -2.01.